The predicted octanol–water partition coefficient (Wildman–Crippen LogP) is 0.0138. The van der Waals surface area contributed by atoms with E-state index in [0.717, 1.165) is 0 Å². The summed E-state index contributed by atoms with van der Waals surface area (Å²) in [5, 5.41) is 8.35. The number of hydrogen-bond acceptors (Lipinski definition) is 3. The quantitative estimate of drug-likeness (QED) is 0.643. The monoisotopic (exact) mass is 199 g/mol. The van der Waals surface area contributed by atoms with Crippen LogP contribution in [0.2, 0.25) is 0 Å². The van der Waals surface area contributed by atoms with Crippen LogP contribution in [0.4, 0.5) is 4.39 Å². The molecule has 0 spiro atoms. The molecule has 5 heteroatoms. The van der Waals surface area contributed by atoms with Crippen LogP contribution in [0.5, 0.6) is 0 Å². The standard InChI is InChI=1S/C9H14FN3O/c10-2-4-12-5-7-13(8-6-12)9(14)1-3-11/h1-2,4-8H2. The second-order valence-electron chi connectivity index (χ2n) is 3.25. The zero-order valence-electron chi connectivity index (χ0n) is 8.08. The van der Waals surface area contributed by atoms with Crippen LogP contribution in [0, 0.1) is 11.3 Å². The van der Waals surface area contributed by atoms with E-state index in [1.54, 1.807) is 4.90 Å². The lowest BCUT2D eigenvalue weighted by atomic mass is 10.3. The minimum absolute atomic E-state index is 0.0525. The van der Waals surface area contributed by atoms with Crippen LogP contribution in [0.15, 0.2) is 0 Å². The molecule has 0 radical (unpaired) electrons. The number of piperazine rings is 1. The maximum Gasteiger partial charge on any atom is 0.236 e. The van der Waals surface area contributed by atoms with Gasteiger partial charge in [0.15, 0.2) is 0 Å². The first kappa shape index (κ1) is 10.9. The predicted molar refractivity (Wildman–Crippen MR) is 49.2 cm³/mol. The molecule has 78 valence electrons. The zero-order chi connectivity index (χ0) is 10.4. The van der Waals surface area contributed by atoms with Crippen LogP contribution < -0.4 is 0 Å². The molecule has 0 unspecified atom stereocenters. The lowest BCUT2D eigenvalue weighted by Gasteiger charge is -2.33. The van der Waals surface area contributed by atoms with Gasteiger partial charge in [0.2, 0.25) is 5.91 Å². The van der Waals surface area contributed by atoms with Crippen LogP contribution in [-0.4, -0.2) is 55.1 Å². The minimum atomic E-state index is -0.341. The van der Waals surface area contributed by atoms with Crippen LogP contribution in [0.1, 0.15) is 6.42 Å². The average Bonchev–Trinajstić information content (AvgIpc) is 2.20. The van der Waals surface area contributed by atoms with Crippen LogP contribution >= 0.6 is 0 Å². The van der Waals surface area contributed by atoms with Crippen LogP contribution in [0.25, 0.3) is 0 Å². The Morgan fingerprint density at radius 1 is 1.36 bits per heavy atom. The van der Waals surface area contributed by atoms with Crippen LogP contribution in [-0.2, 0) is 4.79 Å². The zero-order valence-corrected chi connectivity index (χ0v) is 8.08. The van der Waals surface area contributed by atoms with Crippen molar-refractivity contribution in [2.75, 3.05) is 39.4 Å². The number of amides is 1. The van der Waals surface area contributed by atoms with Crippen LogP contribution in [0.3, 0.4) is 0 Å². The third kappa shape index (κ3) is 2.96. The van der Waals surface area contributed by atoms with Gasteiger partial charge in [-0.3, -0.25) is 9.69 Å². The summed E-state index contributed by atoms with van der Waals surface area (Å²) in [5.74, 6) is -0.118. The Labute approximate surface area is 82.9 Å². The Hall–Kier alpha value is -1.15. The van der Waals surface area contributed by atoms with E-state index < -0.39 is 0 Å². The molecule has 0 N–H and O–H groups in total. The topological polar surface area (TPSA) is 47.3 Å². The van der Waals surface area contributed by atoms with Gasteiger partial charge in [0.05, 0.1) is 6.07 Å². The fourth-order valence-electron chi connectivity index (χ4n) is 1.52. The van der Waals surface area contributed by atoms with Gasteiger partial charge in [-0.1, -0.05) is 0 Å². The minimum Gasteiger partial charge on any atom is -0.339 e. The van der Waals surface area contributed by atoms with E-state index in [4.69, 9.17) is 5.26 Å². The summed E-state index contributed by atoms with van der Waals surface area (Å²) in [4.78, 5) is 14.9. The van der Waals surface area contributed by atoms with Crippen molar-refractivity contribution in [3.8, 4) is 6.07 Å². The van der Waals surface area contributed by atoms with Gasteiger partial charge in [-0.2, -0.15) is 5.26 Å². The molecule has 0 aromatic heterocycles. The first-order valence-corrected chi connectivity index (χ1v) is 4.71. The number of hydrogen-bond donors (Lipinski definition) is 0. The van der Waals surface area contributed by atoms with Gasteiger partial charge in [0.25, 0.3) is 0 Å². The van der Waals surface area contributed by atoms with Gasteiger partial charge in [-0.25, -0.2) is 4.39 Å². The molecule has 1 aliphatic rings. The summed E-state index contributed by atoms with van der Waals surface area (Å²) in [6.45, 7) is 2.75. The summed E-state index contributed by atoms with van der Waals surface area (Å²) >= 11 is 0. The van der Waals surface area contributed by atoms with E-state index >= 15 is 0 Å². The molecule has 0 aromatic carbocycles. The molecule has 14 heavy (non-hydrogen) atoms. The van der Waals surface area contributed by atoms with Crippen molar-refractivity contribution in [3.63, 3.8) is 0 Å². The highest BCUT2D eigenvalue weighted by Crippen LogP contribution is 2.03. The third-order valence-corrected chi connectivity index (χ3v) is 2.36. The van der Waals surface area contributed by atoms with E-state index in [0.29, 0.717) is 32.7 Å². The maximum atomic E-state index is 12.0. The van der Waals surface area contributed by atoms with Crippen molar-refractivity contribution in [1.82, 2.24) is 9.80 Å². The Morgan fingerprint density at radius 3 is 2.50 bits per heavy atom. The summed E-state index contributed by atoms with van der Waals surface area (Å²) in [5.41, 5.74) is 0. The number of halogens is 1. The Morgan fingerprint density at radius 2 is 2.00 bits per heavy atom. The molecule has 1 saturated heterocycles. The number of carbonyl (C=O) groups is 1. The fourth-order valence-corrected chi connectivity index (χ4v) is 1.52. The summed E-state index contributed by atoms with van der Waals surface area (Å²) < 4.78 is 12.0. The SMILES string of the molecule is N#CCC(=O)N1CCN(CCF)CC1. The number of rotatable bonds is 3. The molecule has 1 fully saturated rings. The van der Waals surface area contributed by atoms with E-state index in [-0.39, 0.29) is 19.0 Å². The molecule has 4 nitrogen and oxygen atoms in total. The van der Waals surface area contributed by atoms with Crippen molar-refractivity contribution >= 4 is 5.91 Å². The highest BCUT2D eigenvalue weighted by molar-refractivity contribution is 5.78. The van der Waals surface area contributed by atoms with Crippen molar-refractivity contribution < 1.29 is 9.18 Å². The summed E-state index contributed by atoms with van der Waals surface area (Å²) in [6.07, 6.45) is -0.0525. The Bertz CT molecular complexity index is 231. The third-order valence-electron chi connectivity index (χ3n) is 2.36. The van der Waals surface area contributed by atoms with E-state index in [9.17, 15) is 9.18 Å². The van der Waals surface area contributed by atoms with Gasteiger partial charge < -0.3 is 4.90 Å². The van der Waals surface area contributed by atoms with Gasteiger partial charge >= 0.3 is 0 Å². The highest BCUT2D eigenvalue weighted by atomic mass is 19.1. The second-order valence-corrected chi connectivity index (χ2v) is 3.25. The van der Waals surface area contributed by atoms with Gasteiger partial charge in [-0.15, -0.1) is 0 Å². The Kier molecular flexibility index (Phi) is 4.33. The first-order valence-electron chi connectivity index (χ1n) is 4.71. The smallest absolute Gasteiger partial charge is 0.236 e. The molecule has 0 aliphatic carbocycles. The second kappa shape index (κ2) is 5.55. The van der Waals surface area contributed by atoms with Gasteiger partial charge in [0, 0.05) is 32.7 Å². The molecule has 0 saturated carbocycles. The van der Waals surface area contributed by atoms with E-state index in [1.165, 1.54) is 0 Å². The number of nitriles is 1. The van der Waals surface area contributed by atoms with Gasteiger partial charge in [-0.05, 0) is 0 Å². The summed E-state index contributed by atoms with van der Waals surface area (Å²) in [7, 11) is 0. The van der Waals surface area contributed by atoms with E-state index in [2.05, 4.69) is 0 Å². The van der Waals surface area contributed by atoms with Crippen molar-refractivity contribution in [3.05, 3.63) is 0 Å². The van der Waals surface area contributed by atoms with Gasteiger partial charge in [0.1, 0.15) is 13.1 Å². The average molecular weight is 199 g/mol. The normalized spacial score (nSPS) is 17.9. The molecule has 1 rings (SSSR count). The first-order chi connectivity index (χ1) is 6.77. The molecule has 1 aliphatic heterocycles. The molecule has 1 amide bonds. The van der Waals surface area contributed by atoms with Crippen molar-refractivity contribution in [2.45, 2.75) is 6.42 Å². The van der Waals surface area contributed by atoms with E-state index in [1.807, 2.05) is 11.0 Å². The molecule has 1 heterocycles. The molecular weight excluding hydrogens is 185 g/mol. The summed E-state index contributed by atoms with van der Waals surface area (Å²) in [6, 6.07) is 1.84. The highest BCUT2D eigenvalue weighted by Gasteiger charge is 2.19. The molecule has 0 bridgehead atoms. The lowest BCUT2D eigenvalue weighted by molar-refractivity contribution is -0.131. The van der Waals surface area contributed by atoms with Crippen molar-refractivity contribution in [2.24, 2.45) is 0 Å². The Balaban J connectivity index is 2.29. The lowest BCUT2D eigenvalue weighted by Crippen LogP contribution is -2.49. The fraction of sp³-hybridized carbons (Fsp3) is 0.778. The largest absolute Gasteiger partial charge is 0.339 e. The van der Waals surface area contributed by atoms with Crippen molar-refractivity contribution in [1.29, 1.82) is 5.26 Å². The number of nitrogens with zero attached hydrogens (tertiary/aromatic N) is 3. The maximum absolute atomic E-state index is 12.0. The number of alkyl halides is 1. The molecule has 0 aromatic rings. The molecular formula is C9H14FN3O. The number of carbonyl (C=O) groups excluding carboxylic acids is 1. The molecule has 0 atom stereocenters.